The van der Waals surface area contributed by atoms with Gasteiger partial charge in [-0.25, -0.2) is 0 Å². The van der Waals surface area contributed by atoms with Crippen molar-refractivity contribution < 1.29 is 14.8 Å². The van der Waals surface area contributed by atoms with E-state index in [1.807, 2.05) is 0 Å². The molecule has 2 unspecified atom stereocenters. The largest absolute Gasteiger partial charge is 0.418 e. The summed E-state index contributed by atoms with van der Waals surface area (Å²) in [5.74, 6) is 0. The van der Waals surface area contributed by atoms with Crippen LogP contribution >= 0.6 is 34.8 Å². The quantitative estimate of drug-likeness (QED) is 0.268. The number of nitrogens with zero attached hydrogens (tertiary/aromatic N) is 3. The molecular formula is C18H10Cl3N3O6. The molecule has 30 heavy (non-hydrogen) atoms. The Hall–Kier alpha value is -3.01. The molecule has 0 spiro atoms. The van der Waals surface area contributed by atoms with Gasteiger partial charge in [0.1, 0.15) is 0 Å². The zero-order chi connectivity index (χ0) is 22.3. The number of hydrogen-bond donors (Lipinski definition) is 0. The first kappa shape index (κ1) is 21.7. The fourth-order valence-electron chi connectivity index (χ4n) is 3.31. The smallest absolute Gasteiger partial charge is 0.262 e. The van der Waals surface area contributed by atoms with Crippen molar-refractivity contribution in [2.45, 2.75) is 9.87 Å². The van der Waals surface area contributed by atoms with E-state index in [2.05, 4.69) is 0 Å². The molecule has 12 heteroatoms. The van der Waals surface area contributed by atoms with Gasteiger partial charge in [-0.15, -0.1) is 0 Å². The normalized spacial score (nSPS) is 24.0. The van der Waals surface area contributed by atoms with Crippen LogP contribution < -0.4 is 0 Å². The summed E-state index contributed by atoms with van der Waals surface area (Å²) in [6, 6.07) is 14.7. The molecule has 9 nitrogen and oxygen atoms in total. The predicted octanol–water partition coefficient (Wildman–Crippen LogP) is 4.76. The molecule has 2 aromatic carbocycles. The highest BCUT2D eigenvalue weighted by Gasteiger charge is 2.77. The first-order valence-electron chi connectivity index (χ1n) is 8.15. The number of nitro groups is 3. The summed E-state index contributed by atoms with van der Waals surface area (Å²) in [6.45, 7) is 0. The van der Waals surface area contributed by atoms with E-state index in [-0.39, 0.29) is 11.1 Å². The Morgan fingerprint density at radius 1 is 0.767 bits per heavy atom. The van der Waals surface area contributed by atoms with Gasteiger partial charge in [-0.1, -0.05) is 83.9 Å². The monoisotopic (exact) mass is 469 g/mol. The van der Waals surface area contributed by atoms with Crippen LogP contribution in [0.3, 0.4) is 0 Å². The minimum atomic E-state index is -3.28. The molecule has 0 saturated heterocycles. The maximum atomic E-state index is 12.1. The van der Waals surface area contributed by atoms with Gasteiger partial charge >= 0.3 is 16.4 Å². The Labute approximate surface area is 183 Å². The molecule has 0 aliphatic heterocycles. The molecule has 1 aliphatic carbocycles. The van der Waals surface area contributed by atoms with Crippen LogP contribution in [0.25, 0.3) is 5.57 Å². The molecule has 2 aromatic rings. The summed E-state index contributed by atoms with van der Waals surface area (Å²) in [4.78, 5) is 26.5. The summed E-state index contributed by atoms with van der Waals surface area (Å²) < 4.78 is 0. The molecule has 2 atom stereocenters. The fourth-order valence-corrected chi connectivity index (χ4v) is 4.55. The van der Waals surface area contributed by atoms with Crippen LogP contribution in [0.5, 0.6) is 0 Å². The molecule has 1 aliphatic rings. The van der Waals surface area contributed by atoms with E-state index in [1.165, 1.54) is 48.5 Å². The molecule has 0 aromatic heterocycles. The Morgan fingerprint density at radius 2 is 1.27 bits per heavy atom. The van der Waals surface area contributed by atoms with E-state index in [0.29, 0.717) is 0 Å². The van der Waals surface area contributed by atoms with Crippen LogP contribution in [-0.4, -0.2) is 19.8 Å². The van der Waals surface area contributed by atoms with Gasteiger partial charge in [-0.05, 0) is 22.7 Å². The minimum absolute atomic E-state index is 0.0430. The Balaban J connectivity index is 2.59. The summed E-state index contributed by atoms with van der Waals surface area (Å²) in [5, 5.41) is 35.3. The Bertz CT molecular complexity index is 1120. The third-order valence-electron chi connectivity index (χ3n) is 4.60. The fraction of sp³-hybridized carbons (Fsp3) is 0.111. The predicted molar refractivity (Wildman–Crippen MR) is 110 cm³/mol. The molecule has 0 saturated carbocycles. The SMILES string of the molecule is O=[N+]([O-])C1=C([N+](=O)[O-])C(Cl)([N+](=O)[O-])C(Cl)(c2ccccc2)C(Cl)=C1c1ccccc1. The lowest BCUT2D eigenvalue weighted by atomic mass is 9.79. The third-order valence-corrected chi connectivity index (χ3v) is 6.55. The lowest BCUT2D eigenvalue weighted by Crippen LogP contribution is -2.56. The van der Waals surface area contributed by atoms with Gasteiger partial charge in [0.05, 0.1) is 25.4 Å². The molecule has 0 bridgehead atoms. The van der Waals surface area contributed by atoms with Crippen molar-refractivity contribution in [3.8, 4) is 0 Å². The zero-order valence-electron chi connectivity index (χ0n) is 14.7. The highest BCUT2D eigenvalue weighted by Crippen LogP contribution is 2.60. The van der Waals surface area contributed by atoms with E-state index in [4.69, 9.17) is 34.8 Å². The van der Waals surface area contributed by atoms with Gasteiger partial charge < -0.3 is 0 Å². The van der Waals surface area contributed by atoms with E-state index in [9.17, 15) is 30.3 Å². The average molecular weight is 471 g/mol. The van der Waals surface area contributed by atoms with E-state index >= 15 is 0 Å². The number of alkyl halides is 2. The molecule has 154 valence electrons. The van der Waals surface area contributed by atoms with Crippen molar-refractivity contribution in [1.82, 2.24) is 0 Å². The van der Waals surface area contributed by atoms with Gasteiger partial charge in [0.25, 0.3) is 0 Å². The van der Waals surface area contributed by atoms with Crippen LogP contribution in [-0.2, 0) is 4.87 Å². The Morgan fingerprint density at radius 3 is 1.70 bits per heavy atom. The number of allylic oxidation sites excluding steroid dienone is 1. The van der Waals surface area contributed by atoms with Gasteiger partial charge in [0, 0.05) is 0 Å². The third kappa shape index (κ3) is 2.94. The highest BCUT2D eigenvalue weighted by atomic mass is 35.5. The minimum Gasteiger partial charge on any atom is -0.262 e. The second-order valence-corrected chi connectivity index (χ2v) is 7.66. The Kier molecular flexibility index (Phi) is 5.55. The van der Waals surface area contributed by atoms with E-state index in [0.717, 1.165) is 0 Å². The van der Waals surface area contributed by atoms with Crippen LogP contribution in [0.1, 0.15) is 11.1 Å². The lowest BCUT2D eigenvalue weighted by Gasteiger charge is -2.36. The standard InChI is InChI=1S/C18H10Cl3N3O6/c19-15-13(11-7-3-1-4-8-11)14(22(25)26)16(23(27)28)18(21,24(29)30)17(15,20)12-9-5-2-6-10-12/h1-10H. The van der Waals surface area contributed by atoms with Gasteiger partial charge in [0.2, 0.25) is 4.87 Å². The lowest BCUT2D eigenvalue weighted by molar-refractivity contribution is -0.584. The van der Waals surface area contributed by atoms with Crippen LogP contribution in [0.2, 0.25) is 0 Å². The van der Waals surface area contributed by atoms with Crippen molar-refractivity contribution in [1.29, 1.82) is 0 Å². The molecule has 0 radical (unpaired) electrons. The van der Waals surface area contributed by atoms with Crippen LogP contribution in [0.15, 0.2) is 77.1 Å². The molecule has 3 rings (SSSR count). The van der Waals surface area contributed by atoms with Crippen LogP contribution in [0, 0.1) is 30.3 Å². The number of rotatable bonds is 5. The number of hydrogen-bond acceptors (Lipinski definition) is 6. The van der Waals surface area contributed by atoms with Crippen molar-refractivity contribution in [3.63, 3.8) is 0 Å². The van der Waals surface area contributed by atoms with Gasteiger partial charge in [-0.3, -0.25) is 30.3 Å². The van der Waals surface area contributed by atoms with Crippen molar-refractivity contribution in [2.24, 2.45) is 0 Å². The summed E-state index contributed by atoms with van der Waals surface area (Å²) >= 11 is 19.4. The van der Waals surface area contributed by atoms with Crippen molar-refractivity contribution in [3.05, 3.63) is 119 Å². The zero-order valence-corrected chi connectivity index (χ0v) is 17.0. The molecule has 0 N–H and O–H groups in total. The maximum absolute atomic E-state index is 12.1. The summed E-state index contributed by atoms with van der Waals surface area (Å²) in [6.07, 6.45) is 0. The van der Waals surface area contributed by atoms with Crippen molar-refractivity contribution >= 4 is 40.4 Å². The highest BCUT2D eigenvalue weighted by molar-refractivity contribution is 6.46. The number of halogens is 3. The van der Waals surface area contributed by atoms with Crippen LogP contribution in [0.4, 0.5) is 0 Å². The van der Waals surface area contributed by atoms with Gasteiger partial charge in [0.15, 0.2) is 0 Å². The topological polar surface area (TPSA) is 129 Å². The van der Waals surface area contributed by atoms with Crippen molar-refractivity contribution in [2.75, 3.05) is 0 Å². The number of benzene rings is 2. The second kappa shape index (κ2) is 7.67. The summed E-state index contributed by atoms with van der Waals surface area (Å²) in [7, 11) is 0. The molecular weight excluding hydrogens is 461 g/mol. The second-order valence-electron chi connectivity index (χ2n) is 6.17. The first-order chi connectivity index (χ1) is 14.1. The molecule has 0 heterocycles. The first-order valence-corrected chi connectivity index (χ1v) is 9.29. The maximum Gasteiger partial charge on any atom is 0.418 e. The molecule has 0 amide bonds. The summed E-state index contributed by atoms with van der Waals surface area (Å²) in [5.41, 5.74) is -3.04. The van der Waals surface area contributed by atoms with E-state index < -0.39 is 46.6 Å². The molecule has 0 fully saturated rings. The van der Waals surface area contributed by atoms with E-state index in [1.54, 1.807) is 12.1 Å². The average Bonchev–Trinajstić information content (AvgIpc) is 2.72. The van der Waals surface area contributed by atoms with Gasteiger partial charge in [-0.2, -0.15) is 0 Å².